The topological polar surface area (TPSA) is 66.0 Å². The number of benzene rings is 2. The lowest BCUT2D eigenvalue weighted by Gasteiger charge is -2.13. The molecule has 1 amide bonds. The summed E-state index contributed by atoms with van der Waals surface area (Å²) < 4.78 is 21.7. The highest BCUT2D eigenvalue weighted by Crippen LogP contribution is 2.29. The van der Waals surface area contributed by atoms with Crippen molar-refractivity contribution in [2.24, 2.45) is 0 Å². The molecule has 1 saturated heterocycles. The smallest absolute Gasteiger partial charge is 0.255 e. The third-order valence-electron chi connectivity index (χ3n) is 4.23. The highest BCUT2D eigenvalue weighted by molar-refractivity contribution is 6.05. The molecule has 3 rings (SSSR count). The lowest BCUT2D eigenvalue weighted by Crippen LogP contribution is -2.16. The van der Waals surface area contributed by atoms with Gasteiger partial charge in [0.05, 0.1) is 26.0 Å². The van der Waals surface area contributed by atoms with E-state index >= 15 is 0 Å². The van der Waals surface area contributed by atoms with E-state index < -0.39 is 0 Å². The zero-order valence-electron chi connectivity index (χ0n) is 15.0. The Kier molecular flexibility index (Phi) is 5.96. The molecule has 2 aromatic rings. The van der Waals surface area contributed by atoms with Gasteiger partial charge in [-0.25, -0.2) is 0 Å². The van der Waals surface area contributed by atoms with Crippen LogP contribution in [-0.2, 0) is 4.74 Å². The Bertz CT molecular complexity index is 738. The SMILES string of the molecule is COc1ccc(OC)c(NC(=O)c2ccc(OCC3CCCO3)cc2)c1. The molecule has 0 spiro atoms. The first kappa shape index (κ1) is 18.1. The number of amides is 1. The molecule has 1 aliphatic heterocycles. The number of hydrogen-bond acceptors (Lipinski definition) is 5. The van der Waals surface area contributed by atoms with Gasteiger partial charge in [0.2, 0.25) is 0 Å². The van der Waals surface area contributed by atoms with E-state index in [-0.39, 0.29) is 12.0 Å². The van der Waals surface area contributed by atoms with E-state index in [1.807, 2.05) is 0 Å². The van der Waals surface area contributed by atoms with Crippen LogP contribution in [0.5, 0.6) is 17.2 Å². The Hall–Kier alpha value is -2.73. The van der Waals surface area contributed by atoms with Crippen molar-refractivity contribution in [3.05, 3.63) is 48.0 Å². The molecule has 0 saturated carbocycles. The van der Waals surface area contributed by atoms with Crippen LogP contribution in [0.1, 0.15) is 23.2 Å². The molecule has 6 nitrogen and oxygen atoms in total. The molecule has 1 aliphatic rings. The summed E-state index contributed by atoms with van der Waals surface area (Å²) in [4.78, 5) is 12.5. The van der Waals surface area contributed by atoms with Crippen LogP contribution in [0, 0.1) is 0 Å². The number of anilines is 1. The minimum atomic E-state index is -0.234. The van der Waals surface area contributed by atoms with Crippen LogP contribution in [-0.4, -0.2) is 39.4 Å². The van der Waals surface area contributed by atoms with E-state index in [0.717, 1.165) is 25.2 Å². The van der Waals surface area contributed by atoms with Gasteiger partial charge in [-0.2, -0.15) is 0 Å². The summed E-state index contributed by atoms with van der Waals surface area (Å²) >= 11 is 0. The molecule has 26 heavy (non-hydrogen) atoms. The van der Waals surface area contributed by atoms with E-state index in [4.69, 9.17) is 18.9 Å². The van der Waals surface area contributed by atoms with Gasteiger partial charge < -0.3 is 24.3 Å². The summed E-state index contributed by atoms with van der Waals surface area (Å²) in [6.07, 6.45) is 2.28. The summed E-state index contributed by atoms with van der Waals surface area (Å²) in [5.41, 5.74) is 1.08. The predicted octanol–water partition coefficient (Wildman–Crippen LogP) is 3.51. The van der Waals surface area contributed by atoms with E-state index in [9.17, 15) is 4.79 Å². The number of ether oxygens (including phenoxy) is 4. The molecular formula is C20H23NO5. The van der Waals surface area contributed by atoms with Crippen molar-refractivity contribution in [2.75, 3.05) is 32.8 Å². The summed E-state index contributed by atoms with van der Waals surface area (Å²) in [7, 11) is 3.13. The Balaban J connectivity index is 1.62. The van der Waals surface area contributed by atoms with Crippen LogP contribution >= 0.6 is 0 Å². The highest BCUT2D eigenvalue weighted by Gasteiger charge is 2.16. The fraction of sp³-hybridized carbons (Fsp3) is 0.350. The van der Waals surface area contributed by atoms with Gasteiger partial charge in [0.15, 0.2) is 0 Å². The van der Waals surface area contributed by atoms with Gasteiger partial charge in [0.25, 0.3) is 5.91 Å². The van der Waals surface area contributed by atoms with Gasteiger partial charge in [0, 0.05) is 18.2 Å². The number of nitrogens with one attached hydrogen (secondary N) is 1. The standard InChI is InChI=1S/C20H23NO5/c1-23-16-9-10-19(24-2)18(12-16)21-20(22)14-5-7-15(8-6-14)26-13-17-4-3-11-25-17/h5-10,12,17H,3-4,11,13H2,1-2H3,(H,21,22). The van der Waals surface area contributed by atoms with Crippen molar-refractivity contribution in [3.8, 4) is 17.2 Å². The van der Waals surface area contributed by atoms with Crippen molar-refractivity contribution < 1.29 is 23.7 Å². The molecule has 2 aromatic carbocycles. The minimum absolute atomic E-state index is 0.165. The lowest BCUT2D eigenvalue weighted by atomic mass is 10.2. The Labute approximate surface area is 153 Å². The fourth-order valence-electron chi connectivity index (χ4n) is 2.77. The van der Waals surface area contributed by atoms with Crippen LogP contribution in [0.25, 0.3) is 0 Å². The Morgan fingerprint density at radius 1 is 1.12 bits per heavy atom. The molecule has 6 heteroatoms. The zero-order chi connectivity index (χ0) is 18.4. The molecule has 0 aromatic heterocycles. The zero-order valence-corrected chi connectivity index (χ0v) is 15.0. The average molecular weight is 357 g/mol. The van der Waals surface area contributed by atoms with E-state index in [1.54, 1.807) is 56.7 Å². The lowest BCUT2D eigenvalue weighted by molar-refractivity contribution is 0.0679. The van der Waals surface area contributed by atoms with Crippen molar-refractivity contribution >= 4 is 11.6 Å². The quantitative estimate of drug-likeness (QED) is 0.821. The summed E-state index contributed by atoms with van der Waals surface area (Å²) in [6.45, 7) is 1.34. The first-order chi connectivity index (χ1) is 12.7. The van der Waals surface area contributed by atoms with Gasteiger partial charge in [0.1, 0.15) is 23.9 Å². The van der Waals surface area contributed by atoms with Crippen molar-refractivity contribution in [1.29, 1.82) is 0 Å². The number of rotatable bonds is 7. The van der Waals surface area contributed by atoms with Crippen LogP contribution in [0.15, 0.2) is 42.5 Å². The van der Waals surface area contributed by atoms with E-state index in [1.165, 1.54) is 0 Å². The van der Waals surface area contributed by atoms with Crippen LogP contribution in [0.3, 0.4) is 0 Å². The predicted molar refractivity (Wildman–Crippen MR) is 98.4 cm³/mol. The van der Waals surface area contributed by atoms with E-state index in [0.29, 0.717) is 29.4 Å². The summed E-state index contributed by atoms with van der Waals surface area (Å²) in [6, 6.07) is 12.3. The van der Waals surface area contributed by atoms with Gasteiger partial charge in [-0.15, -0.1) is 0 Å². The maximum atomic E-state index is 12.5. The van der Waals surface area contributed by atoms with Crippen LogP contribution in [0.2, 0.25) is 0 Å². The first-order valence-electron chi connectivity index (χ1n) is 8.57. The average Bonchev–Trinajstić information content (AvgIpc) is 3.20. The van der Waals surface area contributed by atoms with Gasteiger partial charge >= 0.3 is 0 Å². The largest absolute Gasteiger partial charge is 0.497 e. The fourth-order valence-corrected chi connectivity index (χ4v) is 2.77. The van der Waals surface area contributed by atoms with Gasteiger partial charge in [-0.1, -0.05) is 0 Å². The third-order valence-corrected chi connectivity index (χ3v) is 4.23. The summed E-state index contributed by atoms with van der Waals surface area (Å²) in [5, 5.41) is 2.84. The van der Waals surface area contributed by atoms with Gasteiger partial charge in [-0.05, 0) is 49.2 Å². The maximum Gasteiger partial charge on any atom is 0.255 e. The molecule has 0 bridgehead atoms. The molecule has 1 atom stereocenters. The maximum absolute atomic E-state index is 12.5. The number of carbonyl (C=O) groups is 1. The summed E-state index contributed by atoms with van der Waals surface area (Å²) in [5.74, 6) is 1.69. The van der Waals surface area contributed by atoms with Crippen molar-refractivity contribution in [3.63, 3.8) is 0 Å². The molecular weight excluding hydrogens is 334 g/mol. The van der Waals surface area contributed by atoms with Crippen LogP contribution < -0.4 is 19.5 Å². The Morgan fingerprint density at radius 2 is 1.88 bits per heavy atom. The minimum Gasteiger partial charge on any atom is -0.497 e. The molecule has 1 unspecified atom stereocenters. The second-order valence-corrected chi connectivity index (χ2v) is 5.99. The molecule has 1 heterocycles. The van der Waals surface area contributed by atoms with Gasteiger partial charge in [-0.3, -0.25) is 4.79 Å². The van der Waals surface area contributed by atoms with Crippen molar-refractivity contribution in [2.45, 2.75) is 18.9 Å². The molecule has 1 fully saturated rings. The molecule has 1 N–H and O–H groups in total. The first-order valence-corrected chi connectivity index (χ1v) is 8.57. The molecule has 138 valence electrons. The highest BCUT2D eigenvalue weighted by atomic mass is 16.5. The van der Waals surface area contributed by atoms with E-state index in [2.05, 4.69) is 5.32 Å². The van der Waals surface area contributed by atoms with Crippen LogP contribution in [0.4, 0.5) is 5.69 Å². The number of methoxy groups -OCH3 is 2. The van der Waals surface area contributed by atoms with Crippen molar-refractivity contribution in [1.82, 2.24) is 0 Å². The Morgan fingerprint density at radius 3 is 2.54 bits per heavy atom. The second kappa shape index (κ2) is 8.58. The number of carbonyl (C=O) groups excluding carboxylic acids is 1. The third kappa shape index (κ3) is 4.46. The molecule has 0 radical (unpaired) electrons. The normalized spacial score (nSPS) is 16.2. The monoisotopic (exact) mass is 357 g/mol. The molecule has 0 aliphatic carbocycles. The number of hydrogen-bond donors (Lipinski definition) is 1. The second-order valence-electron chi connectivity index (χ2n) is 5.99.